The summed E-state index contributed by atoms with van der Waals surface area (Å²) < 4.78 is 5.00. The lowest BCUT2D eigenvalue weighted by molar-refractivity contribution is -0.148. The topological polar surface area (TPSA) is 76.1 Å². The van der Waals surface area contributed by atoms with Crippen molar-refractivity contribution < 1.29 is 9.53 Å². The van der Waals surface area contributed by atoms with Crippen LogP contribution in [0.1, 0.15) is 29.7 Å². The molecular weight excluding hydrogens is 216 g/mol. The van der Waals surface area contributed by atoms with E-state index in [4.69, 9.17) is 15.7 Å². The Morgan fingerprint density at radius 2 is 2.41 bits per heavy atom. The molecule has 0 saturated carbocycles. The van der Waals surface area contributed by atoms with E-state index in [0.717, 1.165) is 11.1 Å². The Morgan fingerprint density at radius 1 is 1.65 bits per heavy atom. The molecule has 1 aliphatic rings. The number of hydrogen-bond donors (Lipinski definition) is 1. The van der Waals surface area contributed by atoms with Crippen LogP contribution >= 0.6 is 0 Å². The quantitative estimate of drug-likeness (QED) is 0.777. The van der Waals surface area contributed by atoms with Gasteiger partial charge >= 0.3 is 5.97 Å². The predicted octanol–water partition coefficient (Wildman–Crippen LogP) is 1.29. The second-order valence-electron chi connectivity index (χ2n) is 4.11. The van der Waals surface area contributed by atoms with E-state index in [-0.39, 0.29) is 17.9 Å². The molecule has 0 aliphatic heterocycles. The van der Waals surface area contributed by atoms with Crippen molar-refractivity contribution in [2.45, 2.75) is 19.4 Å². The molecule has 2 atom stereocenters. The maximum absolute atomic E-state index is 11.7. The van der Waals surface area contributed by atoms with Crippen LogP contribution in [0.5, 0.6) is 0 Å². The number of carbonyl (C=O) groups is 1. The average Bonchev–Trinajstić information content (AvgIpc) is 2.66. The van der Waals surface area contributed by atoms with Crippen LogP contribution in [-0.4, -0.2) is 12.6 Å². The summed E-state index contributed by atoms with van der Waals surface area (Å²) in [5, 5.41) is 8.82. The van der Waals surface area contributed by atoms with Gasteiger partial charge in [-0.2, -0.15) is 5.26 Å². The number of esters is 1. The van der Waals surface area contributed by atoms with Crippen LogP contribution in [-0.2, 0) is 16.0 Å². The third-order valence-corrected chi connectivity index (χ3v) is 3.09. The molecule has 1 aromatic carbocycles. The maximum atomic E-state index is 11.7. The van der Waals surface area contributed by atoms with E-state index in [1.54, 1.807) is 19.1 Å². The zero-order chi connectivity index (χ0) is 12.4. The van der Waals surface area contributed by atoms with Gasteiger partial charge in [0.2, 0.25) is 0 Å². The van der Waals surface area contributed by atoms with Gasteiger partial charge in [0.15, 0.2) is 0 Å². The zero-order valence-electron chi connectivity index (χ0n) is 9.64. The molecule has 2 rings (SSSR count). The second-order valence-corrected chi connectivity index (χ2v) is 4.11. The number of rotatable bonds is 2. The van der Waals surface area contributed by atoms with E-state index in [2.05, 4.69) is 6.07 Å². The molecule has 0 spiro atoms. The molecule has 4 heteroatoms. The summed E-state index contributed by atoms with van der Waals surface area (Å²) in [6.07, 6.45) is 0.560. The van der Waals surface area contributed by atoms with Gasteiger partial charge in [0.25, 0.3) is 0 Å². The molecule has 88 valence electrons. The third kappa shape index (κ3) is 2.02. The Hall–Kier alpha value is -1.86. The molecule has 0 aromatic heterocycles. The number of nitrogens with two attached hydrogens (primary N) is 1. The highest BCUT2D eigenvalue weighted by atomic mass is 16.5. The van der Waals surface area contributed by atoms with Crippen LogP contribution in [0.3, 0.4) is 0 Å². The molecule has 1 aromatic rings. The van der Waals surface area contributed by atoms with E-state index >= 15 is 0 Å². The number of nitriles is 1. The minimum Gasteiger partial charge on any atom is -0.466 e. The lowest BCUT2D eigenvalue weighted by Crippen LogP contribution is -2.26. The van der Waals surface area contributed by atoms with Crippen LogP contribution in [0, 0.1) is 17.2 Å². The highest BCUT2D eigenvalue weighted by Crippen LogP contribution is 2.35. The lowest BCUT2D eigenvalue weighted by atomic mass is 10.0. The minimum atomic E-state index is -0.322. The third-order valence-electron chi connectivity index (χ3n) is 3.09. The molecule has 0 fully saturated rings. The summed E-state index contributed by atoms with van der Waals surface area (Å²) in [4.78, 5) is 11.7. The van der Waals surface area contributed by atoms with Gasteiger partial charge in [-0.25, -0.2) is 0 Å². The highest BCUT2D eigenvalue weighted by Gasteiger charge is 2.35. The van der Waals surface area contributed by atoms with Crippen molar-refractivity contribution in [2.24, 2.45) is 11.7 Å². The van der Waals surface area contributed by atoms with Crippen molar-refractivity contribution in [1.29, 1.82) is 5.26 Å². The Labute approximate surface area is 100.0 Å². The Morgan fingerprint density at radius 3 is 3.06 bits per heavy atom. The van der Waals surface area contributed by atoms with E-state index in [9.17, 15) is 4.79 Å². The molecule has 0 saturated heterocycles. The summed E-state index contributed by atoms with van der Waals surface area (Å²) in [5.74, 6) is -0.575. The summed E-state index contributed by atoms with van der Waals surface area (Å²) in [7, 11) is 0. The van der Waals surface area contributed by atoms with E-state index in [1.165, 1.54) is 0 Å². The lowest BCUT2D eigenvalue weighted by Gasteiger charge is -2.13. The van der Waals surface area contributed by atoms with Gasteiger partial charge in [-0.05, 0) is 36.6 Å². The molecule has 1 aliphatic carbocycles. The monoisotopic (exact) mass is 230 g/mol. The van der Waals surface area contributed by atoms with Crippen LogP contribution in [0.4, 0.5) is 0 Å². The number of benzene rings is 1. The van der Waals surface area contributed by atoms with Crippen molar-refractivity contribution in [3.63, 3.8) is 0 Å². The van der Waals surface area contributed by atoms with Crippen molar-refractivity contribution in [3.8, 4) is 6.07 Å². The molecule has 2 N–H and O–H groups in total. The van der Waals surface area contributed by atoms with Crippen LogP contribution in [0.25, 0.3) is 0 Å². The SMILES string of the molecule is CCOC(=O)C1Cc2cc(C#N)ccc2C1N. The van der Waals surface area contributed by atoms with Crippen molar-refractivity contribution in [1.82, 2.24) is 0 Å². The first kappa shape index (κ1) is 11.6. The van der Waals surface area contributed by atoms with Crippen molar-refractivity contribution in [3.05, 3.63) is 34.9 Å². The number of ether oxygens (including phenoxy) is 1. The molecular formula is C13H14N2O2. The van der Waals surface area contributed by atoms with Crippen LogP contribution in [0.15, 0.2) is 18.2 Å². The van der Waals surface area contributed by atoms with Gasteiger partial charge in [-0.3, -0.25) is 4.79 Å². The van der Waals surface area contributed by atoms with E-state index in [1.807, 2.05) is 6.07 Å². The predicted molar refractivity (Wildman–Crippen MR) is 61.9 cm³/mol. The standard InChI is InChI=1S/C13H14N2O2/c1-2-17-13(16)11-6-9-5-8(7-14)3-4-10(9)12(11)15/h3-5,11-12H,2,6,15H2,1H3. The summed E-state index contributed by atoms with van der Waals surface area (Å²) >= 11 is 0. The van der Waals surface area contributed by atoms with Gasteiger partial charge in [0.1, 0.15) is 0 Å². The summed E-state index contributed by atoms with van der Waals surface area (Å²) in [6, 6.07) is 7.12. The average molecular weight is 230 g/mol. The number of carbonyl (C=O) groups excluding carboxylic acids is 1. The number of hydrogen-bond acceptors (Lipinski definition) is 4. The molecule has 0 heterocycles. The smallest absolute Gasteiger partial charge is 0.311 e. The van der Waals surface area contributed by atoms with E-state index in [0.29, 0.717) is 18.6 Å². The first-order valence-corrected chi connectivity index (χ1v) is 5.62. The first-order chi connectivity index (χ1) is 8.17. The fourth-order valence-electron chi connectivity index (χ4n) is 2.24. The van der Waals surface area contributed by atoms with Gasteiger partial charge in [0.05, 0.1) is 24.2 Å². The minimum absolute atomic E-state index is 0.255. The molecule has 4 nitrogen and oxygen atoms in total. The van der Waals surface area contributed by atoms with E-state index < -0.39 is 0 Å². The van der Waals surface area contributed by atoms with Crippen molar-refractivity contribution >= 4 is 5.97 Å². The first-order valence-electron chi connectivity index (χ1n) is 5.62. The highest BCUT2D eigenvalue weighted by molar-refractivity contribution is 5.75. The zero-order valence-corrected chi connectivity index (χ0v) is 9.64. The molecule has 0 amide bonds. The van der Waals surface area contributed by atoms with Crippen LogP contribution in [0.2, 0.25) is 0 Å². The number of nitrogens with zero attached hydrogens (tertiary/aromatic N) is 1. The van der Waals surface area contributed by atoms with Crippen LogP contribution < -0.4 is 5.73 Å². The number of fused-ring (bicyclic) bond motifs is 1. The molecule has 17 heavy (non-hydrogen) atoms. The summed E-state index contributed by atoms with van der Waals surface area (Å²) in [6.45, 7) is 2.14. The fraction of sp³-hybridized carbons (Fsp3) is 0.385. The molecule has 0 radical (unpaired) electrons. The van der Waals surface area contributed by atoms with Gasteiger partial charge in [0, 0.05) is 6.04 Å². The summed E-state index contributed by atoms with van der Waals surface area (Å²) in [5.41, 5.74) is 8.55. The maximum Gasteiger partial charge on any atom is 0.311 e. The van der Waals surface area contributed by atoms with Gasteiger partial charge < -0.3 is 10.5 Å². The largest absolute Gasteiger partial charge is 0.466 e. The Kier molecular flexibility index (Phi) is 3.12. The van der Waals surface area contributed by atoms with Gasteiger partial charge in [-0.15, -0.1) is 0 Å². The normalized spacial score (nSPS) is 21.7. The fourth-order valence-corrected chi connectivity index (χ4v) is 2.24. The van der Waals surface area contributed by atoms with Crippen molar-refractivity contribution in [2.75, 3.05) is 6.61 Å². The Balaban J connectivity index is 2.26. The van der Waals surface area contributed by atoms with Gasteiger partial charge in [-0.1, -0.05) is 6.07 Å². The second kappa shape index (κ2) is 4.56. The molecule has 2 unspecified atom stereocenters. The Bertz CT molecular complexity index is 491. The molecule has 0 bridgehead atoms.